The first kappa shape index (κ1) is 20.3. The number of hydrogen-bond acceptors (Lipinski definition) is 4. The van der Waals surface area contributed by atoms with E-state index >= 15 is 0 Å². The molecule has 28 heavy (non-hydrogen) atoms. The van der Waals surface area contributed by atoms with Crippen molar-refractivity contribution in [2.24, 2.45) is 5.92 Å². The Morgan fingerprint density at radius 3 is 2.64 bits per heavy atom. The number of likely N-dealkylation sites (tertiary alicyclic amines) is 1. The zero-order valence-corrected chi connectivity index (χ0v) is 16.6. The Hall–Kier alpha value is -2.41. The Morgan fingerprint density at radius 1 is 1.18 bits per heavy atom. The molecule has 2 aliphatic rings. The summed E-state index contributed by atoms with van der Waals surface area (Å²) in [4.78, 5) is 40.2. The van der Waals surface area contributed by atoms with Crippen LogP contribution in [0.2, 0.25) is 0 Å². The predicted octanol–water partition coefficient (Wildman–Crippen LogP) is 1.81. The number of benzene rings is 1. The Bertz CT molecular complexity index is 707. The number of hydrogen-bond donors (Lipinski definition) is 1. The number of imide groups is 1. The van der Waals surface area contributed by atoms with E-state index in [-0.39, 0.29) is 29.9 Å². The number of amides is 4. The number of carbonyl (C=O) groups excluding carboxylic acids is 3. The van der Waals surface area contributed by atoms with Gasteiger partial charge in [0, 0.05) is 45.0 Å². The summed E-state index contributed by atoms with van der Waals surface area (Å²) >= 11 is 0. The summed E-state index contributed by atoms with van der Waals surface area (Å²) in [5.41, 5.74) is 1.19. The third kappa shape index (κ3) is 5.10. The van der Waals surface area contributed by atoms with Gasteiger partial charge in [0.1, 0.15) is 6.04 Å². The molecule has 2 heterocycles. The summed E-state index contributed by atoms with van der Waals surface area (Å²) in [5.74, 6) is -0.133. The van der Waals surface area contributed by atoms with Gasteiger partial charge in [-0.1, -0.05) is 30.3 Å². The summed E-state index contributed by atoms with van der Waals surface area (Å²) in [7, 11) is 0. The molecule has 0 aromatic heterocycles. The van der Waals surface area contributed by atoms with E-state index in [0.29, 0.717) is 39.1 Å². The molecule has 3 rings (SSSR count). The van der Waals surface area contributed by atoms with Gasteiger partial charge in [0.15, 0.2) is 0 Å². The van der Waals surface area contributed by atoms with Crippen molar-refractivity contribution < 1.29 is 19.1 Å². The molecule has 4 amide bonds. The van der Waals surface area contributed by atoms with Crippen LogP contribution in [0, 0.1) is 5.92 Å². The van der Waals surface area contributed by atoms with Crippen LogP contribution in [-0.4, -0.2) is 66.0 Å². The minimum absolute atomic E-state index is 0.0105. The highest BCUT2D eigenvalue weighted by Crippen LogP contribution is 2.22. The van der Waals surface area contributed by atoms with Crippen LogP contribution in [0.1, 0.15) is 32.3 Å². The fraction of sp³-hybridized carbons (Fsp3) is 0.571. The van der Waals surface area contributed by atoms with E-state index in [4.69, 9.17) is 4.74 Å². The molecule has 0 bridgehead atoms. The van der Waals surface area contributed by atoms with Crippen LogP contribution in [0.25, 0.3) is 0 Å². The maximum absolute atomic E-state index is 12.5. The van der Waals surface area contributed by atoms with E-state index in [1.54, 1.807) is 0 Å². The van der Waals surface area contributed by atoms with Crippen LogP contribution in [0.4, 0.5) is 4.79 Å². The number of nitrogens with zero attached hydrogens (tertiary/aromatic N) is 2. The molecule has 0 saturated carbocycles. The Kier molecular flexibility index (Phi) is 6.67. The number of ether oxygens (including phenoxy) is 1. The van der Waals surface area contributed by atoms with Crippen LogP contribution < -0.4 is 5.32 Å². The third-order valence-corrected chi connectivity index (χ3v) is 5.21. The molecule has 1 aromatic carbocycles. The van der Waals surface area contributed by atoms with Crippen molar-refractivity contribution in [3.8, 4) is 0 Å². The number of carbonyl (C=O) groups is 3. The first-order valence-electron chi connectivity index (χ1n) is 9.99. The molecule has 0 aliphatic carbocycles. The van der Waals surface area contributed by atoms with E-state index in [2.05, 4.69) is 17.4 Å². The van der Waals surface area contributed by atoms with Gasteiger partial charge in [-0.15, -0.1) is 0 Å². The lowest BCUT2D eigenvalue weighted by Crippen LogP contribution is -2.37. The largest absolute Gasteiger partial charge is 0.379 e. The molecular weight excluding hydrogens is 358 g/mol. The molecule has 152 valence electrons. The average Bonchev–Trinajstić information content (AvgIpc) is 3.14. The van der Waals surface area contributed by atoms with E-state index < -0.39 is 6.04 Å². The van der Waals surface area contributed by atoms with Crippen molar-refractivity contribution in [2.75, 3.05) is 26.2 Å². The van der Waals surface area contributed by atoms with E-state index in [1.165, 1.54) is 10.5 Å². The summed E-state index contributed by atoms with van der Waals surface area (Å²) in [5, 5.41) is 2.73. The molecule has 1 N–H and O–H groups in total. The second-order valence-electron chi connectivity index (χ2n) is 7.80. The van der Waals surface area contributed by atoms with Crippen LogP contribution in [-0.2, 0) is 20.7 Å². The van der Waals surface area contributed by atoms with Crippen molar-refractivity contribution in [1.82, 2.24) is 15.1 Å². The normalized spacial score (nSPS) is 22.5. The highest BCUT2D eigenvalue weighted by Gasteiger charge is 2.40. The molecular formula is C21H29N3O4. The summed E-state index contributed by atoms with van der Waals surface area (Å²) in [6.45, 7) is 5.83. The van der Waals surface area contributed by atoms with Crippen molar-refractivity contribution in [2.45, 2.75) is 45.3 Å². The van der Waals surface area contributed by atoms with Crippen molar-refractivity contribution in [3.63, 3.8) is 0 Å². The second-order valence-corrected chi connectivity index (χ2v) is 7.80. The van der Waals surface area contributed by atoms with Gasteiger partial charge in [-0.2, -0.15) is 0 Å². The Balaban J connectivity index is 1.48. The monoisotopic (exact) mass is 387 g/mol. The molecule has 1 aromatic rings. The Morgan fingerprint density at radius 2 is 1.93 bits per heavy atom. The molecule has 0 radical (unpaired) electrons. The average molecular weight is 387 g/mol. The van der Waals surface area contributed by atoms with Crippen LogP contribution in [0.3, 0.4) is 0 Å². The highest BCUT2D eigenvalue weighted by molar-refractivity contribution is 6.04. The number of urea groups is 1. The van der Waals surface area contributed by atoms with Crippen molar-refractivity contribution >= 4 is 17.8 Å². The van der Waals surface area contributed by atoms with Crippen LogP contribution in [0.5, 0.6) is 0 Å². The zero-order chi connectivity index (χ0) is 20.1. The predicted molar refractivity (Wildman–Crippen MR) is 105 cm³/mol. The van der Waals surface area contributed by atoms with Crippen molar-refractivity contribution in [3.05, 3.63) is 35.9 Å². The van der Waals surface area contributed by atoms with E-state index in [1.807, 2.05) is 36.9 Å². The molecule has 2 atom stereocenters. The molecule has 2 aliphatic heterocycles. The quantitative estimate of drug-likeness (QED) is 0.656. The van der Waals surface area contributed by atoms with Crippen molar-refractivity contribution in [1.29, 1.82) is 0 Å². The minimum Gasteiger partial charge on any atom is -0.379 e. The smallest absolute Gasteiger partial charge is 0.324 e. The maximum atomic E-state index is 12.5. The summed E-state index contributed by atoms with van der Waals surface area (Å²) in [6, 6.07) is 9.16. The van der Waals surface area contributed by atoms with Gasteiger partial charge < -0.3 is 15.0 Å². The van der Waals surface area contributed by atoms with Gasteiger partial charge in [0.05, 0.1) is 6.10 Å². The standard InChI is InChI=1S/C21H29N3O4/c1-15(2)28-11-9-18-20(26)24(21(27)22-18)14-17-12-19(25)23(13-17)10-8-16-6-4-3-5-7-16/h3-7,15,17-18H,8-14H2,1-2H3,(H,22,27)/t17-,18-/m0/s1. The van der Waals surface area contributed by atoms with Gasteiger partial charge >= 0.3 is 6.03 Å². The number of rotatable bonds is 9. The minimum atomic E-state index is -0.530. The van der Waals surface area contributed by atoms with Gasteiger partial charge in [-0.3, -0.25) is 14.5 Å². The first-order chi connectivity index (χ1) is 13.4. The third-order valence-electron chi connectivity index (χ3n) is 5.21. The van der Waals surface area contributed by atoms with Gasteiger partial charge in [0.25, 0.3) is 5.91 Å². The molecule has 2 saturated heterocycles. The van der Waals surface area contributed by atoms with E-state index in [9.17, 15) is 14.4 Å². The lowest BCUT2D eigenvalue weighted by atomic mass is 10.1. The fourth-order valence-electron chi connectivity index (χ4n) is 3.73. The SMILES string of the molecule is CC(C)OCC[C@@H]1NC(=O)N(C[C@H]2CC(=O)N(CCc3ccccc3)C2)C1=O. The molecule has 0 unspecified atom stereocenters. The Labute approximate surface area is 166 Å². The maximum Gasteiger partial charge on any atom is 0.324 e. The van der Waals surface area contributed by atoms with Crippen LogP contribution in [0.15, 0.2) is 30.3 Å². The van der Waals surface area contributed by atoms with E-state index in [0.717, 1.165) is 6.42 Å². The summed E-state index contributed by atoms with van der Waals surface area (Å²) in [6.07, 6.45) is 1.74. The topological polar surface area (TPSA) is 79.0 Å². The summed E-state index contributed by atoms with van der Waals surface area (Å²) < 4.78 is 5.47. The number of nitrogens with one attached hydrogen (secondary N) is 1. The molecule has 2 fully saturated rings. The van der Waals surface area contributed by atoms with Crippen LogP contribution >= 0.6 is 0 Å². The fourth-order valence-corrected chi connectivity index (χ4v) is 3.73. The first-order valence-corrected chi connectivity index (χ1v) is 9.99. The molecule has 7 heteroatoms. The van der Waals surface area contributed by atoms with Gasteiger partial charge in [-0.25, -0.2) is 4.79 Å². The zero-order valence-electron chi connectivity index (χ0n) is 16.6. The van der Waals surface area contributed by atoms with Gasteiger partial charge in [0.2, 0.25) is 5.91 Å². The molecule has 7 nitrogen and oxygen atoms in total. The lowest BCUT2D eigenvalue weighted by molar-refractivity contribution is -0.129. The second kappa shape index (κ2) is 9.19. The highest BCUT2D eigenvalue weighted by atomic mass is 16.5. The molecule has 0 spiro atoms. The van der Waals surface area contributed by atoms with Gasteiger partial charge in [-0.05, 0) is 25.8 Å². The lowest BCUT2D eigenvalue weighted by Gasteiger charge is -2.19.